The third-order valence-electron chi connectivity index (χ3n) is 6.41. The van der Waals surface area contributed by atoms with E-state index in [1.54, 1.807) is 30.7 Å². The molecular weight excluding hydrogens is 356 g/mol. The molecule has 0 unspecified atom stereocenters. The molecule has 1 amide bonds. The molecule has 8 nitrogen and oxygen atoms in total. The number of anilines is 2. The Hall–Kier alpha value is -2.74. The lowest BCUT2D eigenvalue weighted by Gasteiger charge is -2.29. The zero-order valence-corrected chi connectivity index (χ0v) is 15.8. The van der Waals surface area contributed by atoms with Crippen LogP contribution in [0.3, 0.4) is 0 Å². The van der Waals surface area contributed by atoms with Crippen LogP contribution in [0.5, 0.6) is 0 Å². The van der Waals surface area contributed by atoms with Crippen LogP contribution in [0.1, 0.15) is 23.2 Å². The Balaban J connectivity index is 1.30. The highest BCUT2D eigenvalue weighted by atomic mass is 16.5. The molecule has 4 atom stereocenters. The summed E-state index contributed by atoms with van der Waals surface area (Å²) >= 11 is 0. The van der Waals surface area contributed by atoms with Crippen molar-refractivity contribution < 1.29 is 9.53 Å². The molecule has 0 aliphatic carbocycles. The fourth-order valence-electron chi connectivity index (χ4n) is 5.07. The third kappa shape index (κ3) is 2.79. The van der Waals surface area contributed by atoms with Crippen molar-refractivity contribution in [2.75, 3.05) is 36.9 Å². The van der Waals surface area contributed by atoms with Crippen molar-refractivity contribution in [2.24, 2.45) is 11.8 Å². The molecule has 2 aromatic rings. The van der Waals surface area contributed by atoms with Crippen LogP contribution >= 0.6 is 0 Å². The standard InChI is InChI=1S/C20H24N6O2/c1-21-17-5-9-23-19(25-17)26-11-15-14(16-2-6-20(15,12-26)28-16)10-24-18(27)13-3-7-22-8-4-13/h3-5,7-9,14-16H,2,6,10-12H2,1H3,(H,24,27)(H,21,23,25)/t14-,15+,16+,20+/m0/s1. The molecule has 28 heavy (non-hydrogen) atoms. The summed E-state index contributed by atoms with van der Waals surface area (Å²) in [6, 6.07) is 5.33. The molecule has 3 fully saturated rings. The molecular formula is C20H24N6O2. The Morgan fingerprint density at radius 1 is 1.32 bits per heavy atom. The Labute approximate surface area is 163 Å². The lowest BCUT2D eigenvalue weighted by Crippen LogP contribution is -2.41. The van der Waals surface area contributed by atoms with Gasteiger partial charge in [0, 0.05) is 56.1 Å². The van der Waals surface area contributed by atoms with Crippen LogP contribution in [0, 0.1) is 11.8 Å². The first-order valence-electron chi connectivity index (χ1n) is 9.80. The smallest absolute Gasteiger partial charge is 0.251 e. The van der Waals surface area contributed by atoms with Crippen LogP contribution in [-0.4, -0.2) is 59.2 Å². The average Bonchev–Trinajstić information content (AvgIpc) is 3.41. The van der Waals surface area contributed by atoms with E-state index in [0.29, 0.717) is 23.9 Å². The summed E-state index contributed by atoms with van der Waals surface area (Å²) in [6.45, 7) is 2.30. The van der Waals surface area contributed by atoms with E-state index in [2.05, 4.69) is 30.5 Å². The average molecular weight is 380 g/mol. The number of fused-ring (bicyclic) bond motifs is 1. The lowest BCUT2D eigenvalue weighted by molar-refractivity contribution is 0.0141. The molecule has 2 bridgehead atoms. The number of hydrogen-bond donors (Lipinski definition) is 2. The monoisotopic (exact) mass is 380 g/mol. The van der Waals surface area contributed by atoms with Crippen molar-refractivity contribution in [1.29, 1.82) is 0 Å². The lowest BCUT2D eigenvalue weighted by atomic mass is 9.73. The Morgan fingerprint density at radius 3 is 3.00 bits per heavy atom. The normalized spacial score (nSPS) is 30.3. The van der Waals surface area contributed by atoms with Gasteiger partial charge in [-0.2, -0.15) is 4.98 Å². The molecule has 3 saturated heterocycles. The molecule has 0 saturated carbocycles. The zero-order chi connectivity index (χ0) is 19.1. The topological polar surface area (TPSA) is 92.3 Å². The van der Waals surface area contributed by atoms with Gasteiger partial charge in [-0.05, 0) is 31.0 Å². The van der Waals surface area contributed by atoms with Gasteiger partial charge >= 0.3 is 0 Å². The molecule has 2 aromatic heterocycles. The summed E-state index contributed by atoms with van der Waals surface area (Å²) in [5, 5.41) is 6.17. The van der Waals surface area contributed by atoms with Crippen LogP contribution in [0.2, 0.25) is 0 Å². The number of rotatable bonds is 5. The minimum absolute atomic E-state index is 0.0564. The molecule has 0 radical (unpaired) electrons. The maximum Gasteiger partial charge on any atom is 0.251 e. The first-order chi connectivity index (χ1) is 13.7. The predicted octanol–water partition coefficient (Wildman–Crippen LogP) is 1.33. The van der Waals surface area contributed by atoms with Gasteiger partial charge in [-0.3, -0.25) is 9.78 Å². The number of pyridine rings is 1. The van der Waals surface area contributed by atoms with E-state index in [1.807, 2.05) is 13.1 Å². The van der Waals surface area contributed by atoms with Crippen LogP contribution in [0.4, 0.5) is 11.8 Å². The maximum atomic E-state index is 12.4. The van der Waals surface area contributed by atoms with Crippen LogP contribution in [0.25, 0.3) is 0 Å². The number of ether oxygens (including phenoxy) is 1. The number of nitrogens with one attached hydrogen (secondary N) is 2. The van der Waals surface area contributed by atoms with Crippen molar-refractivity contribution >= 4 is 17.7 Å². The number of amides is 1. The Bertz CT molecular complexity index is 878. The van der Waals surface area contributed by atoms with E-state index in [9.17, 15) is 4.79 Å². The van der Waals surface area contributed by atoms with Gasteiger partial charge < -0.3 is 20.3 Å². The van der Waals surface area contributed by atoms with Crippen LogP contribution in [0.15, 0.2) is 36.8 Å². The van der Waals surface area contributed by atoms with Gasteiger partial charge in [0.15, 0.2) is 0 Å². The molecule has 3 aliphatic heterocycles. The summed E-state index contributed by atoms with van der Waals surface area (Å²) in [4.78, 5) is 27.7. The second kappa shape index (κ2) is 6.70. The molecule has 1 spiro atoms. The molecule has 5 rings (SSSR count). The van der Waals surface area contributed by atoms with Crippen molar-refractivity contribution in [3.8, 4) is 0 Å². The maximum absolute atomic E-state index is 12.4. The van der Waals surface area contributed by atoms with Crippen LogP contribution in [-0.2, 0) is 4.74 Å². The van der Waals surface area contributed by atoms with Gasteiger partial charge in [0.25, 0.3) is 5.91 Å². The summed E-state index contributed by atoms with van der Waals surface area (Å²) in [5.74, 6) is 2.19. The zero-order valence-electron chi connectivity index (χ0n) is 15.8. The quantitative estimate of drug-likeness (QED) is 0.808. The first kappa shape index (κ1) is 17.4. The third-order valence-corrected chi connectivity index (χ3v) is 6.41. The molecule has 3 aliphatic rings. The van der Waals surface area contributed by atoms with Gasteiger partial charge in [-0.25, -0.2) is 4.98 Å². The summed E-state index contributed by atoms with van der Waals surface area (Å²) in [5.41, 5.74) is 0.509. The fraction of sp³-hybridized carbons (Fsp3) is 0.500. The van der Waals surface area contributed by atoms with Gasteiger partial charge in [0.2, 0.25) is 5.95 Å². The minimum atomic E-state index is -0.129. The minimum Gasteiger partial charge on any atom is -0.373 e. The second-order valence-electron chi connectivity index (χ2n) is 7.85. The number of hydrogen-bond acceptors (Lipinski definition) is 7. The van der Waals surface area contributed by atoms with Crippen molar-refractivity contribution in [3.05, 3.63) is 42.4 Å². The fourth-order valence-corrected chi connectivity index (χ4v) is 5.07. The number of carbonyl (C=O) groups is 1. The van der Waals surface area contributed by atoms with E-state index in [0.717, 1.165) is 37.7 Å². The van der Waals surface area contributed by atoms with Gasteiger partial charge in [0.05, 0.1) is 18.2 Å². The molecule has 8 heteroatoms. The summed E-state index contributed by atoms with van der Waals surface area (Å²) < 4.78 is 6.47. The molecule has 146 valence electrons. The van der Waals surface area contributed by atoms with Crippen molar-refractivity contribution in [1.82, 2.24) is 20.3 Å². The van der Waals surface area contributed by atoms with E-state index in [4.69, 9.17) is 4.74 Å². The van der Waals surface area contributed by atoms with E-state index < -0.39 is 0 Å². The van der Waals surface area contributed by atoms with Gasteiger partial charge in [-0.1, -0.05) is 0 Å². The number of nitrogens with zero attached hydrogens (tertiary/aromatic N) is 4. The van der Waals surface area contributed by atoms with E-state index in [-0.39, 0.29) is 17.6 Å². The van der Waals surface area contributed by atoms with Crippen LogP contribution < -0.4 is 15.5 Å². The number of aromatic nitrogens is 3. The molecule has 0 aromatic carbocycles. The van der Waals surface area contributed by atoms with E-state index >= 15 is 0 Å². The Morgan fingerprint density at radius 2 is 2.18 bits per heavy atom. The van der Waals surface area contributed by atoms with Crippen molar-refractivity contribution in [2.45, 2.75) is 24.5 Å². The van der Waals surface area contributed by atoms with Crippen molar-refractivity contribution in [3.63, 3.8) is 0 Å². The highest BCUT2D eigenvalue weighted by Crippen LogP contribution is 2.54. The summed E-state index contributed by atoms with van der Waals surface area (Å²) in [6.07, 6.45) is 7.41. The van der Waals surface area contributed by atoms with Gasteiger partial charge in [0.1, 0.15) is 5.82 Å². The predicted molar refractivity (Wildman–Crippen MR) is 104 cm³/mol. The highest BCUT2D eigenvalue weighted by Gasteiger charge is 2.63. The largest absolute Gasteiger partial charge is 0.373 e. The summed E-state index contributed by atoms with van der Waals surface area (Å²) in [7, 11) is 1.86. The second-order valence-corrected chi connectivity index (χ2v) is 7.85. The van der Waals surface area contributed by atoms with E-state index in [1.165, 1.54) is 0 Å². The SMILES string of the molecule is CNc1ccnc(N2C[C@@H]3[C@H](CNC(=O)c4ccncc4)[C@H]4CC[C@]3(C2)O4)n1. The number of carbonyl (C=O) groups excluding carboxylic acids is 1. The molecule has 5 heterocycles. The molecule has 2 N–H and O–H groups in total. The highest BCUT2D eigenvalue weighted by molar-refractivity contribution is 5.93. The Kier molecular flexibility index (Phi) is 4.16. The first-order valence-corrected chi connectivity index (χ1v) is 9.80. The van der Waals surface area contributed by atoms with Gasteiger partial charge in [-0.15, -0.1) is 0 Å².